The summed E-state index contributed by atoms with van der Waals surface area (Å²) in [6, 6.07) is 11.7. The molecule has 4 nitrogen and oxygen atoms in total. The van der Waals surface area contributed by atoms with E-state index in [1.54, 1.807) is 30.3 Å². The fourth-order valence-electron chi connectivity index (χ4n) is 3.38. The summed E-state index contributed by atoms with van der Waals surface area (Å²) in [5.41, 5.74) is 1.93. The van der Waals surface area contributed by atoms with Crippen molar-refractivity contribution in [1.29, 1.82) is 5.26 Å². The van der Waals surface area contributed by atoms with Crippen molar-refractivity contribution in [1.82, 2.24) is 4.90 Å². The maximum atomic E-state index is 13.2. The predicted octanol–water partition coefficient (Wildman–Crippen LogP) is 4.34. The summed E-state index contributed by atoms with van der Waals surface area (Å²) in [6.45, 7) is 4.25. The first kappa shape index (κ1) is 18.9. The molecule has 0 bridgehead atoms. The van der Waals surface area contributed by atoms with Gasteiger partial charge in [0.1, 0.15) is 0 Å². The van der Waals surface area contributed by atoms with E-state index in [0.29, 0.717) is 22.7 Å². The maximum absolute atomic E-state index is 13.2. The zero-order chi connectivity index (χ0) is 18.7. The van der Waals surface area contributed by atoms with E-state index in [4.69, 9.17) is 11.6 Å². The van der Waals surface area contributed by atoms with Crippen molar-refractivity contribution in [2.45, 2.75) is 42.5 Å². The molecule has 1 aliphatic heterocycles. The fourth-order valence-corrected chi connectivity index (χ4v) is 5.33. The van der Waals surface area contributed by atoms with Gasteiger partial charge in [-0.25, -0.2) is 8.42 Å². The molecule has 0 saturated carbocycles. The molecule has 6 heteroatoms. The molecule has 0 N–H and O–H groups in total. The van der Waals surface area contributed by atoms with Crippen LogP contribution < -0.4 is 0 Å². The van der Waals surface area contributed by atoms with Crippen LogP contribution in [0.5, 0.6) is 0 Å². The van der Waals surface area contributed by atoms with Crippen LogP contribution in [0.4, 0.5) is 0 Å². The molecule has 0 amide bonds. The van der Waals surface area contributed by atoms with Crippen LogP contribution in [0.2, 0.25) is 5.02 Å². The average molecular weight is 389 g/mol. The van der Waals surface area contributed by atoms with Gasteiger partial charge >= 0.3 is 0 Å². The molecule has 136 valence electrons. The quantitative estimate of drug-likeness (QED) is 0.781. The topological polar surface area (TPSA) is 61.2 Å². The first-order chi connectivity index (χ1) is 12.4. The van der Waals surface area contributed by atoms with Crippen molar-refractivity contribution in [3.8, 4) is 6.07 Å². The molecule has 1 fully saturated rings. The third kappa shape index (κ3) is 4.09. The van der Waals surface area contributed by atoms with E-state index in [0.717, 1.165) is 31.5 Å². The van der Waals surface area contributed by atoms with Gasteiger partial charge in [0.15, 0.2) is 0 Å². The summed E-state index contributed by atoms with van der Waals surface area (Å²) in [6.07, 6.45) is 3.45. The number of sulfone groups is 1. The second kappa shape index (κ2) is 7.79. The minimum Gasteiger partial charge on any atom is -0.299 e. The number of halogens is 1. The molecule has 0 aromatic heterocycles. The van der Waals surface area contributed by atoms with Crippen LogP contribution in [0, 0.1) is 18.3 Å². The Kier molecular flexibility index (Phi) is 5.67. The van der Waals surface area contributed by atoms with Crippen LogP contribution in [0.25, 0.3) is 0 Å². The SMILES string of the molecule is Cc1cc(Cl)cc(S(=O)(=O)c2ccc(C#N)cc2CN2CCCCC2)c1. The van der Waals surface area contributed by atoms with E-state index in [2.05, 4.69) is 11.0 Å². The number of hydrogen-bond donors (Lipinski definition) is 0. The number of hydrogen-bond acceptors (Lipinski definition) is 4. The highest BCUT2D eigenvalue weighted by Gasteiger charge is 2.24. The smallest absolute Gasteiger partial charge is 0.206 e. The predicted molar refractivity (Wildman–Crippen MR) is 102 cm³/mol. The Hall–Kier alpha value is -1.87. The molecule has 2 aromatic carbocycles. The van der Waals surface area contributed by atoms with Crippen molar-refractivity contribution in [3.05, 3.63) is 58.1 Å². The van der Waals surface area contributed by atoms with E-state index < -0.39 is 9.84 Å². The second-order valence-corrected chi connectivity index (χ2v) is 9.09. The lowest BCUT2D eigenvalue weighted by molar-refractivity contribution is 0.219. The number of likely N-dealkylation sites (tertiary alicyclic amines) is 1. The molecule has 0 aliphatic carbocycles. The van der Waals surface area contributed by atoms with Gasteiger partial charge in [0.2, 0.25) is 9.84 Å². The van der Waals surface area contributed by atoms with Crippen LogP contribution in [0.1, 0.15) is 36.0 Å². The summed E-state index contributed by atoms with van der Waals surface area (Å²) in [7, 11) is -3.71. The first-order valence-corrected chi connectivity index (χ1v) is 10.5. The summed E-state index contributed by atoms with van der Waals surface area (Å²) in [4.78, 5) is 2.69. The van der Waals surface area contributed by atoms with Crippen LogP contribution >= 0.6 is 11.6 Å². The number of piperidine rings is 1. The van der Waals surface area contributed by atoms with E-state index in [9.17, 15) is 13.7 Å². The first-order valence-electron chi connectivity index (χ1n) is 8.68. The zero-order valence-electron chi connectivity index (χ0n) is 14.7. The number of nitrogens with zero attached hydrogens (tertiary/aromatic N) is 2. The molecule has 0 radical (unpaired) electrons. The highest BCUT2D eigenvalue weighted by Crippen LogP contribution is 2.29. The van der Waals surface area contributed by atoms with E-state index in [-0.39, 0.29) is 9.79 Å². The number of aryl methyl sites for hydroxylation is 1. The Bertz CT molecular complexity index is 938. The monoisotopic (exact) mass is 388 g/mol. The molecular formula is C20H21ClN2O2S. The summed E-state index contributed by atoms with van der Waals surface area (Å²) < 4.78 is 26.5. The van der Waals surface area contributed by atoms with Crippen molar-refractivity contribution in [2.24, 2.45) is 0 Å². The maximum Gasteiger partial charge on any atom is 0.206 e. The van der Waals surface area contributed by atoms with Gasteiger partial charge < -0.3 is 0 Å². The molecule has 26 heavy (non-hydrogen) atoms. The van der Waals surface area contributed by atoms with E-state index in [1.807, 2.05) is 6.92 Å². The Balaban J connectivity index is 2.06. The number of nitriles is 1. The summed E-state index contributed by atoms with van der Waals surface area (Å²) in [5, 5.41) is 9.62. The standard InChI is InChI=1S/C20H21ClN2O2S/c1-15-9-18(21)12-19(10-15)26(24,25)20-6-5-16(13-22)11-17(20)14-23-7-3-2-4-8-23/h5-6,9-12H,2-4,7-8,14H2,1H3. The molecule has 0 spiro atoms. The van der Waals surface area contributed by atoms with Crippen LogP contribution in [0.3, 0.4) is 0 Å². The molecular weight excluding hydrogens is 368 g/mol. The molecule has 1 heterocycles. The minimum atomic E-state index is -3.71. The lowest BCUT2D eigenvalue weighted by atomic mass is 10.1. The van der Waals surface area contributed by atoms with Gasteiger partial charge in [-0.2, -0.15) is 5.26 Å². The highest BCUT2D eigenvalue weighted by atomic mass is 35.5. The Morgan fingerprint density at radius 2 is 1.85 bits per heavy atom. The molecule has 0 atom stereocenters. The molecule has 1 saturated heterocycles. The molecule has 3 rings (SSSR count). The van der Waals surface area contributed by atoms with Crippen molar-refractivity contribution in [3.63, 3.8) is 0 Å². The highest BCUT2D eigenvalue weighted by molar-refractivity contribution is 7.91. The lowest BCUT2D eigenvalue weighted by Crippen LogP contribution is -2.29. The van der Waals surface area contributed by atoms with Gasteiger partial charge in [-0.05, 0) is 80.4 Å². The van der Waals surface area contributed by atoms with Gasteiger partial charge in [-0.3, -0.25) is 4.90 Å². The Morgan fingerprint density at radius 1 is 1.12 bits per heavy atom. The van der Waals surface area contributed by atoms with Crippen LogP contribution in [-0.4, -0.2) is 26.4 Å². The van der Waals surface area contributed by atoms with Gasteiger partial charge in [0.25, 0.3) is 0 Å². The number of rotatable bonds is 4. The van der Waals surface area contributed by atoms with Gasteiger partial charge in [0, 0.05) is 11.6 Å². The molecule has 2 aromatic rings. The minimum absolute atomic E-state index is 0.187. The van der Waals surface area contributed by atoms with Crippen LogP contribution in [-0.2, 0) is 16.4 Å². The largest absolute Gasteiger partial charge is 0.299 e. The average Bonchev–Trinajstić information content (AvgIpc) is 2.61. The van der Waals surface area contributed by atoms with Crippen molar-refractivity contribution >= 4 is 21.4 Å². The normalized spacial score (nSPS) is 15.6. The van der Waals surface area contributed by atoms with Gasteiger partial charge in [0.05, 0.1) is 21.4 Å². The number of benzene rings is 2. The van der Waals surface area contributed by atoms with Crippen molar-refractivity contribution < 1.29 is 8.42 Å². The third-order valence-corrected chi connectivity index (χ3v) is 6.70. The van der Waals surface area contributed by atoms with Crippen LogP contribution in [0.15, 0.2) is 46.2 Å². The fraction of sp³-hybridized carbons (Fsp3) is 0.350. The van der Waals surface area contributed by atoms with E-state index >= 15 is 0 Å². The molecule has 1 aliphatic rings. The lowest BCUT2D eigenvalue weighted by Gasteiger charge is -2.27. The van der Waals surface area contributed by atoms with Gasteiger partial charge in [-0.15, -0.1) is 0 Å². The Morgan fingerprint density at radius 3 is 2.50 bits per heavy atom. The second-order valence-electron chi connectivity index (χ2n) is 6.74. The van der Waals surface area contributed by atoms with Gasteiger partial charge in [-0.1, -0.05) is 18.0 Å². The van der Waals surface area contributed by atoms with E-state index in [1.165, 1.54) is 12.5 Å². The summed E-state index contributed by atoms with van der Waals surface area (Å²) in [5.74, 6) is 0. The molecule has 0 unspecified atom stereocenters. The van der Waals surface area contributed by atoms with Crippen molar-refractivity contribution in [2.75, 3.05) is 13.1 Å². The Labute approximate surface area is 159 Å². The summed E-state index contributed by atoms with van der Waals surface area (Å²) >= 11 is 6.07. The zero-order valence-corrected chi connectivity index (χ0v) is 16.3. The third-order valence-electron chi connectivity index (χ3n) is 4.65.